The van der Waals surface area contributed by atoms with Crippen molar-refractivity contribution >= 4 is 17.7 Å². The Bertz CT molecular complexity index is 673. The highest BCUT2D eigenvalue weighted by atomic mass is 16.5. The van der Waals surface area contributed by atoms with E-state index in [1.165, 1.54) is 5.01 Å². The number of benzene rings is 1. The molecule has 1 N–H and O–H groups in total. The van der Waals surface area contributed by atoms with E-state index >= 15 is 0 Å². The van der Waals surface area contributed by atoms with Crippen LogP contribution in [0.3, 0.4) is 0 Å². The van der Waals surface area contributed by atoms with Crippen LogP contribution in [-0.2, 0) is 9.59 Å². The van der Waals surface area contributed by atoms with Gasteiger partial charge < -0.3 is 10.1 Å². The average Bonchev–Trinajstić information content (AvgIpc) is 2.74. The van der Waals surface area contributed by atoms with E-state index in [-0.39, 0.29) is 30.2 Å². The number of carbonyl (C=O) groups excluding carboxylic acids is 3. The Kier molecular flexibility index (Phi) is 4.92. The van der Waals surface area contributed by atoms with Crippen molar-refractivity contribution in [1.82, 2.24) is 15.3 Å². The highest BCUT2D eigenvalue weighted by Crippen LogP contribution is 2.24. The number of methoxy groups -OCH3 is 1. The molecule has 2 aliphatic rings. The second kappa shape index (κ2) is 7.13. The van der Waals surface area contributed by atoms with Crippen LogP contribution in [0.4, 0.5) is 0 Å². The zero-order valence-corrected chi connectivity index (χ0v) is 14.5. The zero-order valence-electron chi connectivity index (χ0n) is 14.5. The van der Waals surface area contributed by atoms with Gasteiger partial charge in [0.2, 0.25) is 5.91 Å². The summed E-state index contributed by atoms with van der Waals surface area (Å²) in [7, 11) is 1.56. The van der Waals surface area contributed by atoms with Crippen LogP contribution in [0.5, 0.6) is 5.75 Å². The lowest BCUT2D eigenvalue weighted by molar-refractivity contribution is -0.171. The molecule has 1 aromatic rings. The summed E-state index contributed by atoms with van der Waals surface area (Å²) in [4.78, 5) is 37.7. The SMILES string of the molecule is COc1ccc(C(=O)N[C@H]2CCC(=O)N3CCC[C@@H](C)N3C2=O)cc1. The lowest BCUT2D eigenvalue weighted by atomic mass is 10.1. The number of ether oxygens (including phenoxy) is 1. The van der Waals surface area contributed by atoms with Crippen molar-refractivity contribution in [3.63, 3.8) is 0 Å². The highest BCUT2D eigenvalue weighted by Gasteiger charge is 2.40. The summed E-state index contributed by atoms with van der Waals surface area (Å²) in [6.45, 7) is 2.50. The number of fused-ring (bicyclic) bond motifs is 1. The first-order valence-corrected chi connectivity index (χ1v) is 8.59. The number of hydrazine groups is 1. The third-order valence-electron chi connectivity index (χ3n) is 4.79. The fraction of sp³-hybridized carbons (Fsp3) is 0.500. The van der Waals surface area contributed by atoms with Crippen LogP contribution >= 0.6 is 0 Å². The first-order chi connectivity index (χ1) is 12.0. The molecule has 7 heteroatoms. The van der Waals surface area contributed by atoms with Crippen LogP contribution in [0.25, 0.3) is 0 Å². The number of carbonyl (C=O) groups is 3. The highest BCUT2D eigenvalue weighted by molar-refractivity contribution is 5.98. The van der Waals surface area contributed by atoms with Gasteiger partial charge in [0.05, 0.1) is 13.2 Å². The molecule has 0 aromatic heterocycles. The lowest BCUT2D eigenvalue weighted by Gasteiger charge is -2.42. The van der Waals surface area contributed by atoms with Crippen molar-refractivity contribution in [2.24, 2.45) is 0 Å². The van der Waals surface area contributed by atoms with Crippen LogP contribution in [0.1, 0.15) is 43.0 Å². The van der Waals surface area contributed by atoms with E-state index in [1.807, 2.05) is 6.92 Å². The van der Waals surface area contributed by atoms with E-state index in [0.717, 1.165) is 12.8 Å². The van der Waals surface area contributed by atoms with Gasteiger partial charge in [0.1, 0.15) is 11.8 Å². The van der Waals surface area contributed by atoms with Gasteiger partial charge in [-0.2, -0.15) is 0 Å². The molecule has 1 aromatic carbocycles. The topological polar surface area (TPSA) is 79.0 Å². The maximum atomic E-state index is 12.9. The van der Waals surface area contributed by atoms with Crippen molar-refractivity contribution in [3.8, 4) is 5.75 Å². The number of hydrogen-bond donors (Lipinski definition) is 1. The Morgan fingerprint density at radius 1 is 1.20 bits per heavy atom. The first-order valence-electron chi connectivity index (χ1n) is 8.59. The van der Waals surface area contributed by atoms with E-state index < -0.39 is 6.04 Å². The number of nitrogens with zero attached hydrogens (tertiary/aromatic N) is 2. The second-order valence-electron chi connectivity index (χ2n) is 6.48. The molecule has 2 heterocycles. The third-order valence-corrected chi connectivity index (χ3v) is 4.79. The molecule has 3 amide bonds. The van der Waals surface area contributed by atoms with Crippen LogP contribution in [0.15, 0.2) is 24.3 Å². The molecule has 2 atom stereocenters. The minimum atomic E-state index is -0.691. The van der Waals surface area contributed by atoms with Gasteiger partial charge in [-0.15, -0.1) is 0 Å². The molecule has 0 aliphatic carbocycles. The summed E-state index contributed by atoms with van der Waals surface area (Å²) >= 11 is 0. The fourth-order valence-corrected chi connectivity index (χ4v) is 3.38. The minimum absolute atomic E-state index is 0.0383. The van der Waals surface area contributed by atoms with E-state index in [2.05, 4.69) is 5.32 Å². The van der Waals surface area contributed by atoms with Crippen molar-refractivity contribution in [3.05, 3.63) is 29.8 Å². The Labute approximate surface area is 146 Å². The van der Waals surface area contributed by atoms with E-state index in [0.29, 0.717) is 24.3 Å². The minimum Gasteiger partial charge on any atom is -0.497 e. The van der Waals surface area contributed by atoms with Crippen molar-refractivity contribution in [2.45, 2.75) is 44.7 Å². The molecular formula is C18H23N3O4. The standard InChI is InChI=1S/C18H23N3O4/c1-12-4-3-11-20-16(22)10-9-15(18(24)21(12)20)19-17(23)13-5-7-14(25-2)8-6-13/h5-8,12,15H,3-4,9-11H2,1-2H3,(H,19,23)/t12-,15+/m1/s1. The van der Waals surface area contributed by atoms with Crippen LogP contribution < -0.4 is 10.1 Å². The number of amides is 3. The van der Waals surface area contributed by atoms with Gasteiger partial charge in [0.15, 0.2) is 0 Å². The molecule has 0 saturated carbocycles. The van der Waals surface area contributed by atoms with E-state index in [1.54, 1.807) is 36.4 Å². The largest absolute Gasteiger partial charge is 0.497 e. The molecular weight excluding hydrogens is 322 g/mol. The molecule has 0 radical (unpaired) electrons. The average molecular weight is 345 g/mol. The molecule has 2 fully saturated rings. The van der Waals surface area contributed by atoms with Gasteiger partial charge in [-0.05, 0) is 50.5 Å². The summed E-state index contributed by atoms with van der Waals surface area (Å²) in [5, 5.41) is 5.88. The number of hydrogen-bond acceptors (Lipinski definition) is 4. The van der Waals surface area contributed by atoms with Gasteiger partial charge in [-0.1, -0.05) is 0 Å². The van der Waals surface area contributed by atoms with Gasteiger partial charge in [-0.25, -0.2) is 5.01 Å². The normalized spacial score (nSPS) is 23.8. The van der Waals surface area contributed by atoms with E-state index in [9.17, 15) is 14.4 Å². The van der Waals surface area contributed by atoms with Crippen LogP contribution in [0, 0.1) is 0 Å². The molecule has 7 nitrogen and oxygen atoms in total. The number of nitrogens with one attached hydrogen (secondary N) is 1. The summed E-state index contributed by atoms with van der Waals surface area (Å²) in [6, 6.07) is 5.96. The summed E-state index contributed by atoms with van der Waals surface area (Å²) in [6.07, 6.45) is 2.32. The maximum Gasteiger partial charge on any atom is 0.263 e. The predicted octanol–water partition coefficient (Wildman–Crippen LogP) is 1.34. The second-order valence-corrected chi connectivity index (χ2v) is 6.48. The summed E-state index contributed by atoms with van der Waals surface area (Å²) in [5.74, 6) is 0.0676. The summed E-state index contributed by atoms with van der Waals surface area (Å²) in [5.41, 5.74) is 0.452. The van der Waals surface area contributed by atoms with Crippen LogP contribution in [-0.4, -0.2) is 53.5 Å². The number of rotatable bonds is 3. The van der Waals surface area contributed by atoms with Crippen molar-refractivity contribution in [2.75, 3.05) is 13.7 Å². The Morgan fingerprint density at radius 2 is 1.92 bits per heavy atom. The Balaban J connectivity index is 1.75. The first kappa shape index (κ1) is 17.3. The molecule has 25 heavy (non-hydrogen) atoms. The van der Waals surface area contributed by atoms with Gasteiger partial charge in [-0.3, -0.25) is 19.4 Å². The Morgan fingerprint density at radius 3 is 2.60 bits per heavy atom. The molecule has 2 aliphatic heterocycles. The zero-order chi connectivity index (χ0) is 18.0. The summed E-state index contributed by atoms with van der Waals surface area (Å²) < 4.78 is 5.08. The molecule has 0 spiro atoms. The molecule has 134 valence electrons. The molecule has 2 saturated heterocycles. The van der Waals surface area contributed by atoms with Crippen molar-refractivity contribution in [1.29, 1.82) is 0 Å². The molecule has 0 bridgehead atoms. The van der Waals surface area contributed by atoms with Gasteiger partial charge in [0.25, 0.3) is 11.8 Å². The lowest BCUT2D eigenvalue weighted by Crippen LogP contribution is -2.59. The molecule has 3 rings (SSSR count). The quantitative estimate of drug-likeness (QED) is 0.897. The van der Waals surface area contributed by atoms with Crippen LogP contribution in [0.2, 0.25) is 0 Å². The monoisotopic (exact) mass is 345 g/mol. The smallest absolute Gasteiger partial charge is 0.263 e. The van der Waals surface area contributed by atoms with E-state index in [4.69, 9.17) is 4.74 Å². The molecule has 0 unspecified atom stereocenters. The van der Waals surface area contributed by atoms with Crippen molar-refractivity contribution < 1.29 is 19.1 Å². The Hall–Kier alpha value is -2.57. The van der Waals surface area contributed by atoms with Gasteiger partial charge >= 0.3 is 0 Å². The maximum absolute atomic E-state index is 12.9. The van der Waals surface area contributed by atoms with Gasteiger partial charge in [0, 0.05) is 18.5 Å². The fourth-order valence-electron chi connectivity index (χ4n) is 3.38. The third kappa shape index (κ3) is 3.45. The predicted molar refractivity (Wildman–Crippen MR) is 90.7 cm³/mol.